The van der Waals surface area contributed by atoms with Crippen LogP contribution in [0.15, 0.2) is 48.5 Å². The smallest absolute Gasteiger partial charge is 0.244 e. The molecule has 0 spiro atoms. The van der Waals surface area contributed by atoms with Crippen molar-refractivity contribution in [3.05, 3.63) is 59.7 Å². The number of hydrogen-bond acceptors (Lipinski definition) is 2. The Hall–Kier alpha value is -2.62. The standard InChI is InChI=1S/C23H30N2O2/c1-16(2)18-7-13-21(14-8-18)25(17(3)26)15-22(27)24-20-11-9-19(10-12-20)23(4,5)6/h7-14,16H,15H2,1-6H3,(H,24,27). The molecule has 27 heavy (non-hydrogen) atoms. The predicted molar refractivity (Wildman–Crippen MR) is 112 cm³/mol. The first-order chi connectivity index (χ1) is 12.6. The van der Waals surface area contributed by atoms with E-state index in [1.807, 2.05) is 48.5 Å². The van der Waals surface area contributed by atoms with E-state index in [1.165, 1.54) is 23.0 Å². The van der Waals surface area contributed by atoms with E-state index in [9.17, 15) is 9.59 Å². The average Bonchev–Trinajstić information content (AvgIpc) is 2.59. The lowest BCUT2D eigenvalue weighted by Gasteiger charge is -2.22. The molecule has 0 aliphatic rings. The third-order valence-corrected chi connectivity index (χ3v) is 4.59. The molecule has 0 aromatic heterocycles. The van der Waals surface area contributed by atoms with E-state index in [0.717, 1.165) is 11.4 Å². The van der Waals surface area contributed by atoms with Crippen LogP contribution in [0, 0.1) is 0 Å². The molecule has 0 aliphatic carbocycles. The van der Waals surface area contributed by atoms with E-state index in [-0.39, 0.29) is 23.8 Å². The number of hydrogen-bond donors (Lipinski definition) is 1. The topological polar surface area (TPSA) is 49.4 Å². The highest BCUT2D eigenvalue weighted by Gasteiger charge is 2.17. The van der Waals surface area contributed by atoms with E-state index in [0.29, 0.717) is 5.92 Å². The summed E-state index contributed by atoms with van der Waals surface area (Å²) in [7, 11) is 0. The van der Waals surface area contributed by atoms with Gasteiger partial charge in [-0.2, -0.15) is 0 Å². The minimum atomic E-state index is -0.221. The average molecular weight is 367 g/mol. The quantitative estimate of drug-likeness (QED) is 0.800. The van der Waals surface area contributed by atoms with Crippen molar-refractivity contribution < 1.29 is 9.59 Å². The van der Waals surface area contributed by atoms with Crippen molar-refractivity contribution in [2.45, 2.75) is 52.9 Å². The molecule has 0 heterocycles. The van der Waals surface area contributed by atoms with E-state index in [2.05, 4.69) is 39.9 Å². The van der Waals surface area contributed by atoms with Crippen molar-refractivity contribution in [1.29, 1.82) is 0 Å². The minimum Gasteiger partial charge on any atom is -0.325 e. The van der Waals surface area contributed by atoms with Gasteiger partial charge in [-0.15, -0.1) is 0 Å². The molecule has 144 valence electrons. The largest absolute Gasteiger partial charge is 0.325 e. The Kier molecular flexibility index (Phi) is 6.42. The van der Waals surface area contributed by atoms with Gasteiger partial charge < -0.3 is 10.2 Å². The van der Waals surface area contributed by atoms with Gasteiger partial charge >= 0.3 is 0 Å². The number of amides is 2. The molecule has 4 heteroatoms. The van der Waals surface area contributed by atoms with Crippen molar-refractivity contribution in [3.8, 4) is 0 Å². The summed E-state index contributed by atoms with van der Waals surface area (Å²) in [6.45, 7) is 12.1. The third kappa shape index (κ3) is 5.68. The lowest BCUT2D eigenvalue weighted by atomic mass is 9.87. The van der Waals surface area contributed by atoms with Gasteiger partial charge in [0.1, 0.15) is 6.54 Å². The second kappa shape index (κ2) is 8.38. The zero-order valence-corrected chi connectivity index (χ0v) is 17.2. The number of carbonyl (C=O) groups excluding carboxylic acids is 2. The second-order valence-electron chi connectivity index (χ2n) is 8.23. The maximum atomic E-state index is 12.5. The molecule has 1 N–H and O–H groups in total. The van der Waals surface area contributed by atoms with Crippen LogP contribution in [0.5, 0.6) is 0 Å². The number of nitrogens with one attached hydrogen (secondary N) is 1. The van der Waals surface area contributed by atoms with Crippen molar-refractivity contribution in [2.75, 3.05) is 16.8 Å². The highest BCUT2D eigenvalue weighted by molar-refractivity contribution is 6.01. The molecule has 0 bridgehead atoms. The van der Waals surface area contributed by atoms with Gasteiger partial charge in [-0.25, -0.2) is 0 Å². The molecule has 2 rings (SSSR count). The highest BCUT2D eigenvalue weighted by Crippen LogP contribution is 2.24. The molecule has 0 aliphatic heterocycles. The monoisotopic (exact) mass is 366 g/mol. The first kappa shape index (κ1) is 20.7. The van der Waals surface area contributed by atoms with Gasteiger partial charge in [0.25, 0.3) is 0 Å². The van der Waals surface area contributed by atoms with Crippen LogP contribution in [-0.2, 0) is 15.0 Å². The fourth-order valence-corrected chi connectivity index (χ4v) is 2.82. The van der Waals surface area contributed by atoms with Gasteiger partial charge in [-0.1, -0.05) is 58.9 Å². The molecule has 2 aromatic carbocycles. The van der Waals surface area contributed by atoms with Crippen molar-refractivity contribution in [1.82, 2.24) is 0 Å². The van der Waals surface area contributed by atoms with E-state index in [4.69, 9.17) is 0 Å². The molecule has 0 atom stereocenters. The molecule has 0 fully saturated rings. The Morgan fingerprint density at radius 2 is 1.52 bits per heavy atom. The summed E-state index contributed by atoms with van der Waals surface area (Å²) in [6.07, 6.45) is 0. The van der Waals surface area contributed by atoms with Gasteiger partial charge in [0, 0.05) is 18.3 Å². The van der Waals surface area contributed by atoms with Crippen LogP contribution >= 0.6 is 0 Å². The Labute approximate surface area is 162 Å². The van der Waals surface area contributed by atoms with Gasteiger partial charge in [0.15, 0.2) is 0 Å². The van der Waals surface area contributed by atoms with E-state index < -0.39 is 0 Å². The maximum absolute atomic E-state index is 12.5. The third-order valence-electron chi connectivity index (χ3n) is 4.59. The van der Waals surface area contributed by atoms with E-state index >= 15 is 0 Å². The van der Waals surface area contributed by atoms with Gasteiger partial charge in [-0.05, 0) is 46.7 Å². The summed E-state index contributed by atoms with van der Waals surface area (Å²) in [6, 6.07) is 15.6. The molecule has 0 radical (unpaired) electrons. The number of nitrogens with zero attached hydrogens (tertiary/aromatic N) is 1. The molecule has 4 nitrogen and oxygen atoms in total. The molecule has 2 aromatic rings. The fourth-order valence-electron chi connectivity index (χ4n) is 2.82. The molecular formula is C23H30N2O2. The molecule has 0 saturated heterocycles. The molecule has 2 amide bonds. The number of benzene rings is 2. The zero-order chi connectivity index (χ0) is 20.2. The SMILES string of the molecule is CC(=O)N(CC(=O)Nc1ccc(C(C)(C)C)cc1)c1ccc(C(C)C)cc1. The maximum Gasteiger partial charge on any atom is 0.244 e. The first-order valence-corrected chi connectivity index (χ1v) is 9.36. The van der Waals surface area contributed by atoms with Crippen LogP contribution < -0.4 is 10.2 Å². The summed E-state index contributed by atoms with van der Waals surface area (Å²) in [5.74, 6) is 0.0383. The van der Waals surface area contributed by atoms with Gasteiger partial charge in [0.05, 0.1) is 0 Å². The summed E-state index contributed by atoms with van der Waals surface area (Å²) < 4.78 is 0. The Balaban J connectivity index is 2.07. The van der Waals surface area contributed by atoms with Crippen LogP contribution in [0.25, 0.3) is 0 Å². The van der Waals surface area contributed by atoms with Crippen LogP contribution in [0.4, 0.5) is 11.4 Å². The first-order valence-electron chi connectivity index (χ1n) is 9.36. The number of rotatable bonds is 5. The van der Waals surface area contributed by atoms with E-state index in [1.54, 1.807) is 0 Å². The number of carbonyl (C=O) groups is 2. The predicted octanol–water partition coefficient (Wildman–Crippen LogP) is 5.10. The molecule has 0 saturated carbocycles. The lowest BCUT2D eigenvalue weighted by molar-refractivity contribution is -0.120. The Bertz CT molecular complexity index is 785. The second-order valence-corrected chi connectivity index (χ2v) is 8.23. The van der Waals surface area contributed by atoms with Crippen LogP contribution in [0.3, 0.4) is 0 Å². The van der Waals surface area contributed by atoms with Crippen LogP contribution in [0.1, 0.15) is 58.6 Å². The van der Waals surface area contributed by atoms with Crippen LogP contribution in [-0.4, -0.2) is 18.4 Å². The molecular weight excluding hydrogens is 336 g/mol. The van der Waals surface area contributed by atoms with Crippen molar-refractivity contribution >= 4 is 23.2 Å². The normalized spacial score (nSPS) is 11.4. The van der Waals surface area contributed by atoms with Crippen molar-refractivity contribution in [2.24, 2.45) is 0 Å². The molecule has 0 unspecified atom stereocenters. The van der Waals surface area contributed by atoms with Crippen molar-refractivity contribution in [3.63, 3.8) is 0 Å². The number of anilines is 2. The fraction of sp³-hybridized carbons (Fsp3) is 0.391. The Morgan fingerprint density at radius 3 is 1.96 bits per heavy atom. The van der Waals surface area contributed by atoms with Crippen LogP contribution in [0.2, 0.25) is 0 Å². The zero-order valence-electron chi connectivity index (χ0n) is 17.2. The van der Waals surface area contributed by atoms with Gasteiger partial charge in [0.2, 0.25) is 11.8 Å². The summed E-state index contributed by atoms with van der Waals surface area (Å²) in [5.41, 5.74) is 3.93. The summed E-state index contributed by atoms with van der Waals surface area (Å²) in [5, 5.41) is 2.87. The minimum absolute atomic E-state index is 0.0165. The highest BCUT2D eigenvalue weighted by atomic mass is 16.2. The Morgan fingerprint density at radius 1 is 0.963 bits per heavy atom. The van der Waals surface area contributed by atoms with Gasteiger partial charge in [-0.3, -0.25) is 9.59 Å². The lowest BCUT2D eigenvalue weighted by Crippen LogP contribution is -2.36. The summed E-state index contributed by atoms with van der Waals surface area (Å²) >= 11 is 0. The summed E-state index contributed by atoms with van der Waals surface area (Å²) in [4.78, 5) is 26.0.